The second kappa shape index (κ2) is 7.16. The molecule has 1 N–H and O–H groups in total. The van der Waals surface area contributed by atoms with Gasteiger partial charge in [-0.1, -0.05) is 53.6 Å². The molecule has 1 unspecified atom stereocenters. The van der Waals surface area contributed by atoms with Crippen molar-refractivity contribution < 1.29 is 0 Å². The van der Waals surface area contributed by atoms with Crippen molar-refractivity contribution in [3.63, 3.8) is 0 Å². The number of nitriles is 1. The molecule has 3 aromatic rings. The van der Waals surface area contributed by atoms with Crippen molar-refractivity contribution in [2.24, 2.45) is 0 Å². The molecule has 0 saturated heterocycles. The van der Waals surface area contributed by atoms with E-state index in [4.69, 9.17) is 11.6 Å². The minimum absolute atomic E-state index is 0.196. The predicted molar refractivity (Wildman–Crippen MR) is 97.0 cm³/mol. The lowest BCUT2D eigenvalue weighted by Crippen LogP contribution is -2.15. The van der Waals surface area contributed by atoms with Crippen LogP contribution in [0.1, 0.15) is 28.4 Å². The van der Waals surface area contributed by atoms with Crippen molar-refractivity contribution in [3.05, 3.63) is 94.3 Å². The number of rotatable bonds is 4. The summed E-state index contributed by atoms with van der Waals surface area (Å²) in [5.74, 6) is 0. The van der Waals surface area contributed by atoms with Gasteiger partial charge in [-0.25, -0.2) is 0 Å². The zero-order valence-electron chi connectivity index (χ0n) is 13.2. The van der Waals surface area contributed by atoms with E-state index in [1.807, 2.05) is 30.3 Å². The highest BCUT2D eigenvalue weighted by atomic mass is 35.5. The number of hydrogen-bond donors (Lipinski definition) is 1. The molecule has 1 aromatic heterocycles. The first-order valence-corrected chi connectivity index (χ1v) is 7.99. The van der Waals surface area contributed by atoms with Gasteiger partial charge >= 0.3 is 0 Å². The molecule has 1 heterocycles. The lowest BCUT2D eigenvalue weighted by molar-refractivity contribution is 0.885. The number of benzene rings is 2. The van der Waals surface area contributed by atoms with Gasteiger partial charge in [0.2, 0.25) is 0 Å². The van der Waals surface area contributed by atoms with Crippen molar-refractivity contribution >= 4 is 17.3 Å². The highest BCUT2D eigenvalue weighted by Crippen LogP contribution is 2.32. The van der Waals surface area contributed by atoms with Crippen LogP contribution in [-0.2, 0) is 0 Å². The standard InChI is InChI=1S/C20H16ClN3/c1-14-6-4-7-15(12-14)20(18-10-2-3-11-23-18)24-19-16(13-22)8-5-9-17(19)21/h2-12,20,24H,1H3. The molecule has 118 valence electrons. The molecule has 0 bridgehead atoms. The zero-order valence-corrected chi connectivity index (χ0v) is 14.0. The third-order valence-electron chi connectivity index (χ3n) is 3.78. The van der Waals surface area contributed by atoms with Crippen LogP contribution < -0.4 is 5.32 Å². The van der Waals surface area contributed by atoms with E-state index in [0.29, 0.717) is 16.3 Å². The molecule has 3 nitrogen and oxygen atoms in total. The van der Waals surface area contributed by atoms with Gasteiger partial charge in [-0.2, -0.15) is 5.26 Å². The highest BCUT2D eigenvalue weighted by Gasteiger charge is 2.18. The average molecular weight is 334 g/mol. The van der Waals surface area contributed by atoms with E-state index in [2.05, 4.69) is 35.4 Å². The number of aryl methyl sites for hydroxylation is 1. The topological polar surface area (TPSA) is 48.7 Å². The fraction of sp³-hybridized carbons (Fsp3) is 0.100. The molecule has 0 aliphatic rings. The Kier molecular flexibility index (Phi) is 4.79. The summed E-state index contributed by atoms with van der Waals surface area (Å²) in [4.78, 5) is 4.48. The first-order valence-electron chi connectivity index (χ1n) is 7.61. The third-order valence-corrected chi connectivity index (χ3v) is 4.10. The normalized spacial score (nSPS) is 11.5. The van der Waals surface area contributed by atoms with Crippen molar-refractivity contribution in [3.8, 4) is 6.07 Å². The Morgan fingerprint density at radius 1 is 1.08 bits per heavy atom. The number of halogens is 1. The van der Waals surface area contributed by atoms with Gasteiger partial charge in [0.15, 0.2) is 0 Å². The Morgan fingerprint density at radius 3 is 2.62 bits per heavy atom. The molecule has 0 aliphatic carbocycles. The lowest BCUT2D eigenvalue weighted by atomic mass is 10.00. The SMILES string of the molecule is Cc1cccc(C(Nc2c(Cl)cccc2C#N)c2ccccn2)c1. The van der Waals surface area contributed by atoms with Crippen molar-refractivity contribution in [1.82, 2.24) is 4.98 Å². The molecule has 0 spiro atoms. The summed E-state index contributed by atoms with van der Waals surface area (Å²) in [6.45, 7) is 2.05. The smallest absolute Gasteiger partial charge is 0.101 e. The maximum Gasteiger partial charge on any atom is 0.101 e. The van der Waals surface area contributed by atoms with Crippen LogP contribution >= 0.6 is 11.6 Å². The number of hydrogen-bond acceptors (Lipinski definition) is 3. The first-order chi connectivity index (χ1) is 11.7. The van der Waals surface area contributed by atoms with Crippen LogP contribution in [0.2, 0.25) is 5.02 Å². The van der Waals surface area contributed by atoms with E-state index in [1.165, 1.54) is 0 Å². The van der Waals surface area contributed by atoms with Crippen LogP contribution in [0.3, 0.4) is 0 Å². The van der Waals surface area contributed by atoms with E-state index in [1.54, 1.807) is 24.4 Å². The van der Waals surface area contributed by atoms with E-state index in [9.17, 15) is 5.26 Å². The fourth-order valence-corrected chi connectivity index (χ4v) is 2.86. The van der Waals surface area contributed by atoms with Gasteiger partial charge in [0.25, 0.3) is 0 Å². The molecule has 0 aliphatic heterocycles. The monoisotopic (exact) mass is 333 g/mol. The molecule has 2 aromatic carbocycles. The number of nitrogens with zero attached hydrogens (tertiary/aromatic N) is 2. The summed E-state index contributed by atoms with van der Waals surface area (Å²) >= 11 is 6.32. The van der Waals surface area contributed by atoms with Crippen LogP contribution in [0.4, 0.5) is 5.69 Å². The molecule has 0 amide bonds. The summed E-state index contributed by atoms with van der Waals surface area (Å²) in [6.07, 6.45) is 1.76. The number of aromatic nitrogens is 1. The molecule has 3 rings (SSSR count). The summed E-state index contributed by atoms with van der Waals surface area (Å²) in [7, 11) is 0. The second-order valence-corrected chi connectivity index (χ2v) is 5.93. The van der Waals surface area contributed by atoms with Gasteiger partial charge in [-0.15, -0.1) is 0 Å². The Balaban J connectivity index is 2.09. The summed E-state index contributed by atoms with van der Waals surface area (Å²) in [5.41, 5.74) is 4.23. The number of anilines is 1. The van der Waals surface area contributed by atoms with Gasteiger partial charge in [0.05, 0.1) is 28.0 Å². The maximum atomic E-state index is 9.38. The van der Waals surface area contributed by atoms with Crippen LogP contribution in [0.15, 0.2) is 66.9 Å². The lowest BCUT2D eigenvalue weighted by Gasteiger charge is -2.22. The molecule has 24 heavy (non-hydrogen) atoms. The zero-order chi connectivity index (χ0) is 16.9. The van der Waals surface area contributed by atoms with Crippen LogP contribution in [0, 0.1) is 18.3 Å². The number of nitrogens with one attached hydrogen (secondary N) is 1. The second-order valence-electron chi connectivity index (χ2n) is 5.52. The van der Waals surface area contributed by atoms with E-state index < -0.39 is 0 Å². The third kappa shape index (κ3) is 3.40. The Morgan fingerprint density at radius 2 is 1.92 bits per heavy atom. The van der Waals surface area contributed by atoms with Gasteiger partial charge < -0.3 is 5.32 Å². The van der Waals surface area contributed by atoms with E-state index in [0.717, 1.165) is 16.8 Å². The van der Waals surface area contributed by atoms with Crippen molar-refractivity contribution in [2.75, 3.05) is 5.32 Å². The van der Waals surface area contributed by atoms with E-state index >= 15 is 0 Å². The predicted octanol–water partition coefficient (Wildman–Crippen LogP) is 5.12. The Hall–Kier alpha value is -2.83. The molecular weight excluding hydrogens is 318 g/mol. The fourth-order valence-electron chi connectivity index (χ4n) is 2.63. The minimum Gasteiger partial charge on any atom is -0.370 e. The van der Waals surface area contributed by atoms with Gasteiger partial charge in [0.1, 0.15) is 6.07 Å². The summed E-state index contributed by atoms with van der Waals surface area (Å²) < 4.78 is 0. The molecule has 4 heteroatoms. The number of para-hydroxylation sites is 1. The first kappa shape index (κ1) is 16.0. The number of pyridine rings is 1. The van der Waals surface area contributed by atoms with Crippen LogP contribution in [-0.4, -0.2) is 4.98 Å². The van der Waals surface area contributed by atoms with Crippen LogP contribution in [0.25, 0.3) is 0 Å². The highest BCUT2D eigenvalue weighted by molar-refractivity contribution is 6.33. The average Bonchev–Trinajstić information content (AvgIpc) is 2.61. The minimum atomic E-state index is -0.196. The van der Waals surface area contributed by atoms with E-state index in [-0.39, 0.29) is 6.04 Å². The van der Waals surface area contributed by atoms with Gasteiger partial charge in [-0.3, -0.25) is 4.98 Å². The van der Waals surface area contributed by atoms with Gasteiger partial charge in [0, 0.05) is 6.20 Å². The van der Waals surface area contributed by atoms with Crippen molar-refractivity contribution in [1.29, 1.82) is 5.26 Å². The largest absolute Gasteiger partial charge is 0.370 e. The maximum absolute atomic E-state index is 9.38. The molecule has 0 fully saturated rings. The quantitative estimate of drug-likeness (QED) is 0.721. The Labute approximate surface area is 146 Å². The summed E-state index contributed by atoms with van der Waals surface area (Å²) in [5, 5.41) is 13.3. The van der Waals surface area contributed by atoms with Gasteiger partial charge in [-0.05, 0) is 36.8 Å². The van der Waals surface area contributed by atoms with Crippen molar-refractivity contribution in [2.45, 2.75) is 13.0 Å². The summed E-state index contributed by atoms with van der Waals surface area (Å²) in [6, 6.07) is 21.3. The Bertz CT molecular complexity index is 885. The van der Waals surface area contributed by atoms with Crippen LogP contribution in [0.5, 0.6) is 0 Å². The molecular formula is C20H16ClN3. The molecule has 0 saturated carbocycles. The molecule has 0 radical (unpaired) electrons. The molecule has 1 atom stereocenters.